The molecule has 12 heavy (non-hydrogen) atoms. The first kappa shape index (κ1) is 6.93. The average Bonchev–Trinajstić information content (AvgIpc) is 2.27. The minimum absolute atomic E-state index is 0.0220. The predicted octanol–water partition coefficient (Wildman–Crippen LogP) is 2.04. The second-order valence-electron chi connectivity index (χ2n) is 4.88. The molecule has 3 aliphatic carbocycles. The van der Waals surface area contributed by atoms with Crippen LogP contribution in [0.15, 0.2) is 0 Å². The van der Waals surface area contributed by atoms with Crippen molar-refractivity contribution in [2.45, 2.75) is 38.5 Å². The number of hydrogen-bond donors (Lipinski definition) is 1. The van der Waals surface area contributed by atoms with E-state index in [0.717, 1.165) is 6.42 Å². The first-order valence-electron chi connectivity index (χ1n) is 4.93. The van der Waals surface area contributed by atoms with Crippen molar-refractivity contribution < 1.29 is 9.90 Å². The van der Waals surface area contributed by atoms with Crippen LogP contribution in [0, 0.1) is 16.7 Å². The lowest BCUT2D eigenvalue weighted by atomic mass is 9.35. The Labute approximate surface area is 72.0 Å². The zero-order chi connectivity index (χ0) is 8.40. The minimum atomic E-state index is -0.535. The number of carboxylic acids is 1. The second kappa shape index (κ2) is 1.70. The lowest BCUT2D eigenvalue weighted by Crippen LogP contribution is -2.64. The number of rotatable bonds is 1. The molecule has 2 heteroatoms. The van der Waals surface area contributed by atoms with Gasteiger partial charge in [-0.2, -0.15) is 0 Å². The number of hydrogen-bond acceptors (Lipinski definition) is 1. The lowest BCUT2D eigenvalue weighted by molar-refractivity contribution is -0.220. The maximum absolute atomic E-state index is 10.9. The normalized spacial score (nSPS) is 54.8. The van der Waals surface area contributed by atoms with Crippen molar-refractivity contribution in [2.75, 3.05) is 0 Å². The topological polar surface area (TPSA) is 37.3 Å². The highest BCUT2D eigenvalue weighted by molar-refractivity contribution is 5.74. The molecule has 3 unspecified atom stereocenters. The van der Waals surface area contributed by atoms with Gasteiger partial charge >= 0.3 is 5.97 Å². The van der Waals surface area contributed by atoms with Crippen molar-refractivity contribution >= 4 is 5.97 Å². The van der Waals surface area contributed by atoms with E-state index in [-0.39, 0.29) is 5.92 Å². The molecule has 0 saturated heterocycles. The van der Waals surface area contributed by atoms with E-state index in [4.69, 9.17) is 5.11 Å². The van der Waals surface area contributed by atoms with Crippen LogP contribution in [0.1, 0.15) is 38.5 Å². The summed E-state index contributed by atoms with van der Waals surface area (Å²) in [7, 11) is 0. The zero-order valence-electron chi connectivity index (χ0n) is 7.18. The first-order valence-corrected chi connectivity index (χ1v) is 4.93. The molecule has 0 aliphatic heterocycles. The number of carboxylic acid groups (broad SMARTS) is 1. The van der Waals surface area contributed by atoms with Crippen molar-refractivity contribution in [1.29, 1.82) is 0 Å². The quantitative estimate of drug-likeness (QED) is 0.647. The molecule has 0 amide bonds. The fourth-order valence-electron chi connectivity index (χ4n) is 4.21. The van der Waals surface area contributed by atoms with Gasteiger partial charge in [0.1, 0.15) is 0 Å². The third kappa shape index (κ3) is 0.459. The molecule has 3 atom stereocenters. The van der Waals surface area contributed by atoms with Gasteiger partial charge in [0.2, 0.25) is 0 Å². The molecule has 3 saturated carbocycles. The predicted molar refractivity (Wildman–Crippen MR) is 43.7 cm³/mol. The highest BCUT2D eigenvalue weighted by atomic mass is 16.4. The molecule has 0 bridgehead atoms. The van der Waals surface area contributed by atoms with Gasteiger partial charge in [-0.3, -0.25) is 4.79 Å². The van der Waals surface area contributed by atoms with E-state index in [0.29, 0.717) is 10.8 Å². The van der Waals surface area contributed by atoms with Crippen LogP contribution < -0.4 is 0 Å². The molecular formula is C10H14O2. The highest BCUT2D eigenvalue weighted by Crippen LogP contribution is 2.80. The van der Waals surface area contributed by atoms with Crippen LogP contribution in [0.3, 0.4) is 0 Å². The van der Waals surface area contributed by atoms with E-state index < -0.39 is 5.97 Å². The van der Waals surface area contributed by atoms with Gasteiger partial charge in [-0.15, -0.1) is 0 Å². The fourth-order valence-corrected chi connectivity index (χ4v) is 4.21. The number of carbonyl (C=O) groups is 1. The smallest absolute Gasteiger partial charge is 0.307 e. The number of aliphatic carboxylic acids is 1. The Morgan fingerprint density at radius 2 is 2.08 bits per heavy atom. The molecule has 3 rings (SSSR count). The van der Waals surface area contributed by atoms with Crippen molar-refractivity contribution in [3.05, 3.63) is 0 Å². The standard InChI is InChI=1S/C10H14O2/c11-8(12)7-6-9-2-1-3-10(7,9)5-4-9/h7H,1-6H2,(H,11,12). The monoisotopic (exact) mass is 166 g/mol. The maximum Gasteiger partial charge on any atom is 0.307 e. The average molecular weight is 166 g/mol. The summed E-state index contributed by atoms with van der Waals surface area (Å²) in [5.74, 6) is -0.513. The molecular weight excluding hydrogens is 152 g/mol. The third-order valence-corrected chi connectivity index (χ3v) is 4.94. The van der Waals surface area contributed by atoms with E-state index in [9.17, 15) is 4.79 Å². The van der Waals surface area contributed by atoms with Gasteiger partial charge in [-0.05, 0) is 42.9 Å². The lowest BCUT2D eigenvalue weighted by Gasteiger charge is -2.68. The molecule has 2 nitrogen and oxygen atoms in total. The molecule has 0 spiro atoms. The van der Waals surface area contributed by atoms with E-state index in [1.165, 1.54) is 32.1 Å². The van der Waals surface area contributed by atoms with E-state index in [1.807, 2.05) is 0 Å². The van der Waals surface area contributed by atoms with Gasteiger partial charge in [-0.1, -0.05) is 6.42 Å². The molecule has 66 valence electrons. The second-order valence-corrected chi connectivity index (χ2v) is 4.88. The Kier molecular flexibility index (Phi) is 0.984. The molecule has 0 radical (unpaired) electrons. The summed E-state index contributed by atoms with van der Waals surface area (Å²) in [5, 5.41) is 8.99. The van der Waals surface area contributed by atoms with Gasteiger partial charge in [0, 0.05) is 0 Å². The summed E-state index contributed by atoms with van der Waals surface area (Å²) in [6, 6.07) is 0. The van der Waals surface area contributed by atoms with Gasteiger partial charge < -0.3 is 5.11 Å². The van der Waals surface area contributed by atoms with E-state index >= 15 is 0 Å². The largest absolute Gasteiger partial charge is 0.481 e. The molecule has 0 aromatic carbocycles. The Balaban J connectivity index is 1.94. The Hall–Kier alpha value is -0.530. The van der Waals surface area contributed by atoms with Crippen molar-refractivity contribution in [3.63, 3.8) is 0 Å². The van der Waals surface area contributed by atoms with Crippen molar-refractivity contribution in [3.8, 4) is 0 Å². The summed E-state index contributed by atoms with van der Waals surface area (Å²) in [5.41, 5.74) is 0.814. The van der Waals surface area contributed by atoms with Crippen LogP contribution in [-0.2, 0) is 4.79 Å². The van der Waals surface area contributed by atoms with Crippen LogP contribution >= 0.6 is 0 Å². The van der Waals surface area contributed by atoms with Crippen molar-refractivity contribution in [1.82, 2.24) is 0 Å². The molecule has 0 aromatic heterocycles. The van der Waals surface area contributed by atoms with E-state index in [1.54, 1.807) is 0 Å². The minimum Gasteiger partial charge on any atom is -0.481 e. The SMILES string of the molecule is O=C(O)C1CC23CCCC12CC3. The van der Waals surface area contributed by atoms with Gasteiger partial charge in [-0.25, -0.2) is 0 Å². The molecule has 0 heterocycles. The third-order valence-electron chi connectivity index (χ3n) is 4.94. The molecule has 3 fully saturated rings. The van der Waals surface area contributed by atoms with Crippen LogP contribution in [0.2, 0.25) is 0 Å². The summed E-state index contributed by atoms with van der Waals surface area (Å²) in [4.78, 5) is 10.9. The Morgan fingerprint density at radius 3 is 2.58 bits per heavy atom. The van der Waals surface area contributed by atoms with Crippen LogP contribution in [0.25, 0.3) is 0 Å². The summed E-state index contributed by atoms with van der Waals surface area (Å²) in [6.45, 7) is 0. The maximum atomic E-state index is 10.9. The van der Waals surface area contributed by atoms with Crippen molar-refractivity contribution in [2.24, 2.45) is 16.7 Å². The zero-order valence-corrected chi connectivity index (χ0v) is 7.18. The Bertz CT molecular complexity index is 261. The molecule has 0 aromatic rings. The summed E-state index contributed by atoms with van der Waals surface area (Å²) in [6.07, 6.45) is 7.30. The molecule has 1 N–H and O–H groups in total. The molecule has 3 aliphatic rings. The Morgan fingerprint density at radius 1 is 1.25 bits per heavy atom. The van der Waals surface area contributed by atoms with Crippen LogP contribution in [-0.4, -0.2) is 11.1 Å². The van der Waals surface area contributed by atoms with Gasteiger partial charge in [0.25, 0.3) is 0 Å². The first-order chi connectivity index (χ1) is 5.70. The fraction of sp³-hybridized carbons (Fsp3) is 0.900. The van der Waals surface area contributed by atoms with Gasteiger partial charge in [0.15, 0.2) is 0 Å². The van der Waals surface area contributed by atoms with E-state index in [2.05, 4.69) is 0 Å². The highest BCUT2D eigenvalue weighted by Gasteiger charge is 2.74. The summed E-state index contributed by atoms with van der Waals surface area (Å²) >= 11 is 0. The van der Waals surface area contributed by atoms with Gasteiger partial charge in [0.05, 0.1) is 5.92 Å². The van der Waals surface area contributed by atoms with Crippen LogP contribution in [0.5, 0.6) is 0 Å². The van der Waals surface area contributed by atoms with Crippen LogP contribution in [0.4, 0.5) is 0 Å². The summed E-state index contributed by atoms with van der Waals surface area (Å²) < 4.78 is 0.